The average molecular weight is 617 g/mol. The molecule has 228 valence electrons. The molecule has 0 spiro atoms. The van der Waals surface area contributed by atoms with E-state index >= 15 is 0 Å². The van der Waals surface area contributed by atoms with Gasteiger partial charge in [0.2, 0.25) is 0 Å². The summed E-state index contributed by atoms with van der Waals surface area (Å²) in [6.07, 6.45) is 1.64. The van der Waals surface area contributed by atoms with Crippen LogP contribution in [0.5, 0.6) is 11.5 Å². The van der Waals surface area contributed by atoms with Crippen LogP contribution in [0, 0.1) is 0 Å². The minimum Gasteiger partial charge on any atom is -0.493 e. The summed E-state index contributed by atoms with van der Waals surface area (Å²) in [5.74, 6) is 1.01. The molecule has 4 aromatic rings. The maximum atomic E-state index is 14.0. The van der Waals surface area contributed by atoms with Crippen molar-refractivity contribution >= 4 is 29.4 Å². The number of carbonyl (C=O) groups is 2. The number of methoxy groups -OCH3 is 1. The molecule has 0 unspecified atom stereocenters. The standard InChI is InChI=1S/C33H32N2O8S/c1-6-40-26-17-21(12-14-25(26)39-5)29-28(32(38)42-8-3)19(4)34-33-35(29)30(36)27(44-33)18-23-13-15-24(43-23)20-10-9-11-22(16-20)31(37)41-7-2/h9-18,29H,6-8H2,1-5H3/b27-18-/t29-/m0/s1. The molecule has 0 amide bonds. The lowest BCUT2D eigenvalue weighted by Gasteiger charge is -2.25. The molecular formula is C33H32N2O8S. The van der Waals surface area contributed by atoms with Crippen LogP contribution in [0.3, 0.4) is 0 Å². The van der Waals surface area contributed by atoms with Crippen LogP contribution in [0.2, 0.25) is 0 Å². The zero-order chi connectivity index (χ0) is 31.4. The van der Waals surface area contributed by atoms with E-state index in [4.69, 9.17) is 23.4 Å². The number of aromatic nitrogens is 1. The minimum absolute atomic E-state index is 0.170. The van der Waals surface area contributed by atoms with Crippen molar-refractivity contribution in [2.45, 2.75) is 33.7 Å². The lowest BCUT2D eigenvalue weighted by molar-refractivity contribution is -0.139. The van der Waals surface area contributed by atoms with Crippen LogP contribution in [-0.2, 0) is 14.3 Å². The van der Waals surface area contributed by atoms with Crippen LogP contribution in [0.1, 0.15) is 55.4 Å². The molecule has 0 radical (unpaired) electrons. The summed E-state index contributed by atoms with van der Waals surface area (Å²) in [5, 5.41) is 0. The summed E-state index contributed by atoms with van der Waals surface area (Å²) in [6, 6.07) is 15.0. The Morgan fingerprint density at radius 1 is 0.977 bits per heavy atom. The molecular weight excluding hydrogens is 584 g/mol. The predicted octanol–water partition coefficient (Wildman–Crippen LogP) is 4.64. The van der Waals surface area contributed by atoms with E-state index in [2.05, 4.69) is 4.99 Å². The summed E-state index contributed by atoms with van der Waals surface area (Å²) in [6.45, 7) is 7.92. The van der Waals surface area contributed by atoms with Gasteiger partial charge in [-0.2, -0.15) is 0 Å². The number of thiazole rings is 1. The quantitative estimate of drug-likeness (QED) is 0.237. The van der Waals surface area contributed by atoms with E-state index < -0.39 is 18.0 Å². The van der Waals surface area contributed by atoms with E-state index in [0.717, 1.165) is 0 Å². The maximum absolute atomic E-state index is 14.0. The van der Waals surface area contributed by atoms with Gasteiger partial charge >= 0.3 is 11.9 Å². The smallest absolute Gasteiger partial charge is 0.338 e. The van der Waals surface area contributed by atoms with Gasteiger partial charge in [0.1, 0.15) is 11.5 Å². The Morgan fingerprint density at radius 2 is 1.75 bits per heavy atom. The van der Waals surface area contributed by atoms with Gasteiger partial charge in [-0.05, 0) is 69.7 Å². The third-order valence-corrected chi connectivity index (χ3v) is 7.86. The van der Waals surface area contributed by atoms with Crippen molar-refractivity contribution in [1.29, 1.82) is 0 Å². The molecule has 0 fully saturated rings. The molecule has 3 heterocycles. The fraction of sp³-hybridized carbons (Fsp3) is 0.273. The van der Waals surface area contributed by atoms with Crippen LogP contribution < -0.4 is 24.4 Å². The molecule has 11 heteroatoms. The Labute approximate surface area is 257 Å². The molecule has 5 rings (SSSR count). The Bertz CT molecular complexity index is 1930. The Balaban J connectivity index is 1.60. The van der Waals surface area contributed by atoms with Gasteiger partial charge in [-0.3, -0.25) is 9.36 Å². The molecule has 2 aromatic heterocycles. The van der Waals surface area contributed by atoms with Gasteiger partial charge in [0.05, 0.1) is 54.3 Å². The molecule has 44 heavy (non-hydrogen) atoms. The van der Waals surface area contributed by atoms with Gasteiger partial charge in [-0.1, -0.05) is 29.5 Å². The number of ether oxygens (including phenoxy) is 4. The van der Waals surface area contributed by atoms with Gasteiger partial charge < -0.3 is 23.4 Å². The highest BCUT2D eigenvalue weighted by Crippen LogP contribution is 2.36. The van der Waals surface area contributed by atoms with Gasteiger partial charge in [0, 0.05) is 11.6 Å². The SMILES string of the molecule is CCOC(=O)C1=C(C)N=c2s/c(=C\c3ccc(-c4cccc(C(=O)OCC)c4)o3)c(=O)n2[C@H]1c1ccc(OC)c(OCC)c1. The van der Waals surface area contributed by atoms with Crippen molar-refractivity contribution in [3.8, 4) is 22.8 Å². The third kappa shape index (κ3) is 5.96. The molecule has 0 saturated carbocycles. The fourth-order valence-electron chi connectivity index (χ4n) is 4.97. The van der Waals surface area contributed by atoms with E-state index in [-0.39, 0.29) is 24.3 Å². The van der Waals surface area contributed by atoms with Crippen molar-refractivity contribution in [2.24, 2.45) is 4.99 Å². The second-order valence-corrected chi connectivity index (χ2v) is 10.7. The van der Waals surface area contributed by atoms with Gasteiger partial charge in [0.25, 0.3) is 5.56 Å². The highest BCUT2D eigenvalue weighted by Gasteiger charge is 2.34. The van der Waals surface area contributed by atoms with Crippen LogP contribution in [0.15, 0.2) is 80.1 Å². The van der Waals surface area contributed by atoms with Crippen LogP contribution >= 0.6 is 11.3 Å². The zero-order valence-electron chi connectivity index (χ0n) is 25.0. The summed E-state index contributed by atoms with van der Waals surface area (Å²) in [7, 11) is 1.55. The number of esters is 2. The summed E-state index contributed by atoms with van der Waals surface area (Å²) in [4.78, 5) is 44.5. The first kappa shape index (κ1) is 30.6. The Morgan fingerprint density at radius 3 is 2.48 bits per heavy atom. The van der Waals surface area contributed by atoms with Crippen LogP contribution in [0.4, 0.5) is 0 Å². The maximum Gasteiger partial charge on any atom is 0.338 e. The molecule has 10 nitrogen and oxygen atoms in total. The molecule has 1 atom stereocenters. The van der Waals surface area contributed by atoms with Crippen molar-refractivity contribution in [1.82, 2.24) is 4.57 Å². The highest BCUT2D eigenvalue weighted by atomic mass is 32.1. The van der Waals surface area contributed by atoms with Crippen molar-refractivity contribution in [3.63, 3.8) is 0 Å². The molecule has 0 bridgehead atoms. The fourth-order valence-corrected chi connectivity index (χ4v) is 5.99. The van der Waals surface area contributed by atoms with E-state index in [0.29, 0.717) is 61.3 Å². The molecule has 2 aromatic carbocycles. The van der Waals surface area contributed by atoms with E-state index in [9.17, 15) is 14.4 Å². The molecule has 0 saturated heterocycles. The summed E-state index contributed by atoms with van der Waals surface area (Å²) < 4.78 is 29.7. The molecule has 1 aliphatic rings. The van der Waals surface area contributed by atoms with Gasteiger partial charge in [-0.15, -0.1) is 0 Å². The number of furan rings is 1. The van der Waals surface area contributed by atoms with Gasteiger partial charge in [0.15, 0.2) is 16.3 Å². The van der Waals surface area contributed by atoms with Gasteiger partial charge in [-0.25, -0.2) is 14.6 Å². The third-order valence-electron chi connectivity index (χ3n) is 6.88. The summed E-state index contributed by atoms with van der Waals surface area (Å²) in [5.41, 5.74) is 2.12. The first-order valence-electron chi connectivity index (χ1n) is 14.2. The van der Waals surface area contributed by atoms with E-state index in [1.165, 1.54) is 15.9 Å². The number of rotatable bonds is 10. The van der Waals surface area contributed by atoms with Crippen molar-refractivity contribution < 1.29 is 33.0 Å². The topological polar surface area (TPSA) is 119 Å². The number of benzene rings is 2. The first-order valence-corrected chi connectivity index (χ1v) is 15.0. The predicted molar refractivity (Wildman–Crippen MR) is 165 cm³/mol. The lowest BCUT2D eigenvalue weighted by Crippen LogP contribution is -2.39. The highest BCUT2D eigenvalue weighted by molar-refractivity contribution is 7.07. The van der Waals surface area contributed by atoms with Crippen molar-refractivity contribution in [2.75, 3.05) is 26.9 Å². The van der Waals surface area contributed by atoms with Crippen LogP contribution in [-0.4, -0.2) is 43.4 Å². The first-order chi connectivity index (χ1) is 21.3. The number of carbonyl (C=O) groups excluding carboxylic acids is 2. The minimum atomic E-state index is -0.810. The number of fused-ring (bicyclic) bond motifs is 1. The van der Waals surface area contributed by atoms with Crippen LogP contribution in [0.25, 0.3) is 17.4 Å². The van der Waals surface area contributed by atoms with E-state index in [1.54, 1.807) is 82.5 Å². The second kappa shape index (κ2) is 13.2. The number of nitrogens with zero attached hydrogens (tertiary/aromatic N) is 2. The number of hydrogen-bond donors (Lipinski definition) is 0. The average Bonchev–Trinajstić information content (AvgIpc) is 3.61. The van der Waals surface area contributed by atoms with Crippen molar-refractivity contribution in [3.05, 3.63) is 102 Å². The molecule has 0 N–H and O–H groups in total. The largest absolute Gasteiger partial charge is 0.493 e. The summed E-state index contributed by atoms with van der Waals surface area (Å²) >= 11 is 1.19. The molecule has 1 aliphatic heterocycles. The monoisotopic (exact) mass is 616 g/mol. The molecule has 0 aliphatic carbocycles. The number of allylic oxidation sites excluding steroid dienone is 1. The second-order valence-electron chi connectivity index (χ2n) is 9.65. The van der Waals surface area contributed by atoms with E-state index in [1.807, 2.05) is 13.0 Å². The lowest BCUT2D eigenvalue weighted by atomic mass is 9.95. The zero-order valence-corrected chi connectivity index (χ0v) is 25.9. The normalized spacial score (nSPS) is 14.6. The Kier molecular flexibility index (Phi) is 9.15. The number of hydrogen-bond acceptors (Lipinski definition) is 10. The Hall–Kier alpha value is -4.90.